The molecule has 5 N–H and O–H groups in total. The van der Waals surface area contributed by atoms with Crippen LogP contribution in [0.25, 0.3) is 0 Å². The molecule has 1 aliphatic heterocycles. The summed E-state index contributed by atoms with van der Waals surface area (Å²) in [6, 6.07) is 0. The molecule has 36 heavy (non-hydrogen) atoms. The lowest BCUT2D eigenvalue weighted by molar-refractivity contribution is -0.120. The number of nitrogens with two attached hydrogens (primary N) is 1. The van der Waals surface area contributed by atoms with Crippen LogP contribution in [-0.4, -0.2) is 61.1 Å². The number of methoxy groups -OCH3 is 1. The van der Waals surface area contributed by atoms with Crippen LogP contribution >= 0.6 is 0 Å². The van der Waals surface area contributed by atoms with E-state index in [0.717, 1.165) is 6.08 Å². The number of allylic oxidation sites excluding steroid dienone is 4. The number of Topliss-reactive ketones (excluding diaryl/α,β-unsaturated/α-hetero) is 1. The van der Waals surface area contributed by atoms with Gasteiger partial charge in [-0.05, 0) is 45.1 Å². The van der Waals surface area contributed by atoms with Crippen molar-refractivity contribution < 1.29 is 33.8 Å². The van der Waals surface area contributed by atoms with Crippen LogP contribution in [0, 0.1) is 0 Å². The van der Waals surface area contributed by atoms with E-state index in [2.05, 4.69) is 10.6 Å². The van der Waals surface area contributed by atoms with Gasteiger partial charge in [-0.15, -0.1) is 0 Å². The predicted octanol–water partition coefficient (Wildman–Crippen LogP) is 1.86. The van der Waals surface area contributed by atoms with Gasteiger partial charge in [0.25, 0.3) is 5.91 Å². The van der Waals surface area contributed by atoms with Gasteiger partial charge >= 0.3 is 6.09 Å². The van der Waals surface area contributed by atoms with Gasteiger partial charge in [0.15, 0.2) is 6.10 Å². The maximum absolute atomic E-state index is 12.9. The van der Waals surface area contributed by atoms with Gasteiger partial charge in [-0.1, -0.05) is 30.7 Å². The van der Waals surface area contributed by atoms with Crippen molar-refractivity contribution in [2.45, 2.75) is 64.3 Å². The number of hydrogen-bond donors (Lipinski definition) is 4. The molecule has 196 valence electrons. The van der Waals surface area contributed by atoms with Gasteiger partial charge in [0, 0.05) is 31.4 Å². The Bertz CT molecular complexity index is 1040. The summed E-state index contributed by atoms with van der Waals surface area (Å²) in [5.74, 6) is -1.58. The number of rotatable bonds is 2. The highest BCUT2D eigenvalue weighted by atomic mass is 16.6. The molecule has 2 bridgehead atoms. The van der Waals surface area contributed by atoms with Crippen LogP contribution in [0.2, 0.25) is 0 Å². The Morgan fingerprint density at radius 2 is 1.94 bits per heavy atom. The van der Waals surface area contributed by atoms with E-state index in [1.165, 1.54) is 20.2 Å². The number of amides is 2. The first-order valence-electron chi connectivity index (χ1n) is 11.8. The van der Waals surface area contributed by atoms with E-state index in [0.29, 0.717) is 31.3 Å². The second kappa shape index (κ2) is 13.6. The van der Waals surface area contributed by atoms with E-state index in [1.807, 2.05) is 0 Å². The monoisotopic (exact) mass is 501 g/mol. The Morgan fingerprint density at radius 3 is 2.61 bits per heavy atom. The number of alkyl carbamates (subject to hydrolysis) is 1. The average Bonchev–Trinajstić information content (AvgIpc) is 2.85. The Hall–Kier alpha value is -3.50. The summed E-state index contributed by atoms with van der Waals surface area (Å²) in [6.07, 6.45) is 6.93. The minimum absolute atomic E-state index is 0.119. The third kappa shape index (κ3) is 7.76. The van der Waals surface area contributed by atoms with E-state index in [4.69, 9.17) is 15.2 Å². The molecule has 3 atom stereocenters. The average molecular weight is 502 g/mol. The van der Waals surface area contributed by atoms with Gasteiger partial charge in [0.1, 0.15) is 6.10 Å². The van der Waals surface area contributed by atoms with E-state index in [-0.39, 0.29) is 29.0 Å². The van der Waals surface area contributed by atoms with Gasteiger partial charge in [-0.25, -0.2) is 4.79 Å². The molecule has 0 spiro atoms. The number of fused-ring (bicyclic) bond motifs is 2. The molecule has 0 fully saturated rings. The van der Waals surface area contributed by atoms with E-state index in [1.54, 1.807) is 32.1 Å². The number of carbonyl (C=O) groups is 4. The summed E-state index contributed by atoms with van der Waals surface area (Å²) in [5.41, 5.74) is 6.74. The van der Waals surface area contributed by atoms with Crippen molar-refractivity contribution >= 4 is 23.6 Å². The number of aliphatic hydroxyl groups excluding tert-OH is 1. The van der Waals surface area contributed by atoms with Crippen molar-refractivity contribution in [3.8, 4) is 0 Å². The van der Waals surface area contributed by atoms with Crippen LogP contribution in [0.3, 0.4) is 0 Å². The molecule has 1 aliphatic carbocycles. The zero-order chi connectivity index (χ0) is 26.8. The Balaban J connectivity index is 2.40. The molecule has 0 saturated heterocycles. The maximum atomic E-state index is 12.9. The van der Waals surface area contributed by atoms with Crippen LogP contribution in [0.1, 0.15) is 46.0 Å². The fourth-order valence-corrected chi connectivity index (χ4v) is 3.79. The second-order valence-corrected chi connectivity index (χ2v) is 8.69. The van der Waals surface area contributed by atoms with E-state index >= 15 is 0 Å². The van der Waals surface area contributed by atoms with Crippen molar-refractivity contribution in [1.82, 2.24) is 10.6 Å². The molecular weight excluding hydrogens is 466 g/mol. The molecule has 3 unspecified atom stereocenters. The molecule has 2 amide bonds. The first-order chi connectivity index (χ1) is 17.1. The Kier molecular flexibility index (Phi) is 10.8. The summed E-state index contributed by atoms with van der Waals surface area (Å²) in [7, 11) is 2.91. The first kappa shape index (κ1) is 28.7. The maximum Gasteiger partial charge on any atom is 0.407 e. The van der Waals surface area contributed by atoms with Gasteiger partial charge in [-0.3, -0.25) is 14.4 Å². The predicted molar refractivity (Wildman–Crippen MR) is 133 cm³/mol. The number of ketones is 2. The lowest BCUT2D eigenvalue weighted by Crippen LogP contribution is -2.35. The van der Waals surface area contributed by atoms with Crippen LogP contribution in [0.5, 0.6) is 0 Å². The molecule has 10 nitrogen and oxygen atoms in total. The molecule has 0 aromatic rings. The number of hydrogen-bond acceptors (Lipinski definition) is 8. The highest BCUT2D eigenvalue weighted by Crippen LogP contribution is 2.22. The SMILES string of the molecule is CNC(=O)OC1/C(C)=C/CC(O)CCCCC2=C(N)C(=O)C=C(NC(=O)/C(C)=C/C=C\C1OC)C2=O. The fourth-order valence-electron chi connectivity index (χ4n) is 3.79. The molecule has 0 radical (unpaired) electrons. The Labute approximate surface area is 211 Å². The second-order valence-electron chi connectivity index (χ2n) is 8.69. The summed E-state index contributed by atoms with van der Waals surface area (Å²) < 4.78 is 11.0. The van der Waals surface area contributed by atoms with Crippen LogP contribution in [0.4, 0.5) is 4.79 Å². The number of aliphatic hydroxyl groups is 1. The minimum Gasteiger partial charge on any atom is -0.439 e. The first-order valence-corrected chi connectivity index (χ1v) is 11.8. The third-order valence-electron chi connectivity index (χ3n) is 6.02. The van der Waals surface area contributed by atoms with Gasteiger partial charge < -0.3 is 30.9 Å². The smallest absolute Gasteiger partial charge is 0.407 e. The normalized spacial score (nSPS) is 28.8. The van der Waals surface area contributed by atoms with E-state index < -0.39 is 41.9 Å². The van der Waals surface area contributed by atoms with Crippen LogP contribution < -0.4 is 16.4 Å². The minimum atomic E-state index is -0.772. The molecular formula is C26H35N3O7. The molecule has 0 aromatic carbocycles. The van der Waals surface area contributed by atoms with Crippen molar-refractivity contribution in [3.05, 3.63) is 58.5 Å². The van der Waals surface area contributed by atoms with Gasteiger partial charge in [-0.2, -0.15) is 0 Å². The Morgan fingerprint density at radius 1 is 1.22 bits per heavy atom. The number of nitrogens with one attached hydrogen (secondary N) is 2. The molecule has 0 saturated carbocycles. The standard InChI is InChI=1S/C26H35N3O7/c1-15-12-13-17(30)9-5-6-10-18-22(27)20(31)14-19(23(18)32)29-25(33)16(2)8-7-11-21(35-4)24(15)36-26(34)28-3/h7-8,11-12,14,17,21,24,30H,5-6,9-10,13,27H2,1-4H3,(H,28,34)(H,29,33)/b11-7-,15-12+,16-8+. The zero-order valence-electron chi connectivity index (χ0n) is 21.1. The molecule has 0 aromatic heterocycles. The van der Waals surface area contributed by atoms with Crippen molar-refractivity contribution in [2.75, 3.05) is 14.2 Å². The highest BCUT2D eigenvalue weighted by Gasteiger charge is 2.28. The summed E-state index contributed by atoms with van der Waals surface area (Å²) in [6.45, 7) is 3.33. The number of carbonyl (C=O) groups excluding carboxylic acids is 4. The lowest BCUT2D eigenvalue weighted by atomic mass is 9.92. The van der Waals surface area contributed by atoms with Gasteiger partial charge in [0.2, 0.25) is 11.6 Å². The summed E-state index contributed by atoms with van der Waals surface area (Å²) in [5, 5.41) is 15.4. The quantitative estimate of drug-likeness (QED) is 0.330. The summed E-state index contributed by atoms with van der Waals surface area (Å²) >= 11 is 0. The molecule has 2 rings (SSSR count). The van der Waals surface area contributed by atoms with Crippen molar-refractivity contribution in [1.29, 1.82) is 0 Å². The highest BCUT2D eigenvalue weighted by molar-refractivity contribution is 6.23. The van der Waals surface area contributed by atoms with Gasteiger partial charge in [0.05, 0.1) is 17.5 Å². The van der Waals surface area contributed by atoms with Crippen molar-refractivity contribution in [2.24, 2.45) is 5.73 Å². The van der Waals surface area contributed by atoms with Crippen LogP contribution in [0.15, 0.2) is 58.5 Å². The molecule has 10 heteroatoms. The number of ether oxygens (including phenoxy) is 2. The molecule has 1 heterocycles. The van der Waals surface area contributed by atoms with E-state index in [9.17, 15) is 24.3 Å². The topological polar surface area (TPSA) is 157 Å². The largest absolute Gasteiger partial charge is 0.439 e. The van der Waals surface area contributed by atoms with Crippen molar-refractivity contribution in [3.63, 3.8) is 0 Å². The lowest BCUT2D eigenvalue weighted by Gasteiger charge is -2.25. The third-order valence-corrected chi connectivity index (χ3v) is 6.02. The molecule has 2 aliphatic rings. The zero-order valence-corrected chi connectivity index (χ0v) is 21.1. The fraction of sp³-hybridized carbons (Fsp3) is 0.462. The van der Waals surface area contributed by atoms with Crippen LogP contribution in [-0.2, 0) is 23.9 Å². The summed E-state index contributed by atoms with van der Waals surface area (Å²) in [4.78, 5) is 49.8.